The van der Waals surface area contributed by atoms with Crippen molar-refractivity contribution in [2.75, 3.05) is 6.54 Å². The van der Waals surface area contributed by atoms with E-state index in [0.29, 0.717) is 12.1 Å². The second-order valence-electron chi connectivity index (χ2n) is 4.05. The molecular formula is C13H17NO4S. The van der Waals surface area contributed by atoms with E-state index >= 15 is 0 Å². The molecule has 1 aromatic rings. The van der Waals surface area contributed by atoms with Gasteiger partial charge in [0.05, 0.1) is 4.90 Å². The molecule has 0 saturated heterocycles. The number of hydrogen-bond acceptors (Lipinski definition) is 3. The maximum Gasteiger partial charge on any atom is 0.294 e. The number of nitrogens with zero attached hydrogens (tertiary/aromatic N) is 1. The molecule has 104 valence electrons. The molecule has 0 heterocycles. The van der Waals surface area contributed by atoms with E-state index in [2.05, 4.69) is 6.58 Å². The fourth-order valence-electron chi connectivity index (χ4n) is 1.76. The van der Waals surface area contributed by atoms with Crippen LogP contribution < -0.4 is 0 Å². The molecule has 0 spiro atoms. The van der Waals surface area contributed by atoms with E-state index in [1.165, 1.54) is 23.1 Å². The predicted molar refractivity (Wildman–Crippen MR) is 72.2 cm³/mol. The third-order valence-electron chi connectivity index (χ3n) is 2.59. The highest BCUT2D eigenvalue weighted by molar-refractivity contribution is 7.85. The van der Waals surface area contributed by atoms with Crippen LogP contribution >= 0.6 is 0 Å². The average Bonchev–Trinajstić information content (AvgIpc) is 2.36. The van der Waals surface area contributed by atoms with E-state index < -0.39 is 10.1 Å². The van der Waals surface area contributed by atoms with Crippen LogP contribution in [0.2, 0.25) is 0 Å². The Morgan fingerprint density at radius 2 is 2.05 bits per heavy atom. The topological polar surface area (TPSA) is 74.7 Å². The fraction of sp³-hybridized carbons (Fsp3) is 0.308. The van der Waals surface area contributed by atoms with Gasteiger partial charge in [-0.15, -0.1) is 0 Å². The Morgan fingerprint density at radius 3 is 2.58 bits per heavy atom. The Labute approximate surface area is 113 Å². The van der Waals surface area contributed by atoms with E-state index in [0.717, 1.165) is 6.42 Å². The van der Waals surface area contributed by atoms with Crippen LogP contribution in [-0.2, 0) is 21.5 Å². The Morgan fingerprint density at radius 1 is 1.42 bits per heavy atom. The first-order valence-electron chi connectivity index (χ1n) is 5.87. The molecule has 0 aliphatic carbocycles. The zero-order chi connectivity index (χ0) is 14.5. The van der Waals surface area contributed by atoms with Crippen LogP contribution in [0.4, 0.5) is 0 Å². The van der Waals surface area contributed by atoms with Crippen molar-refractivity contribution in [2.24, 2.45) is 0 Å². The lowest BCUT2D eigenvalue weighted by Crippen LogP contribution is -2.30. The van der Waals surface area contributed by atoms with Gasteiger partial charge in [-0.05, 0) is 24.1 Å². The molecule has 0 atom stereocenters. The van der Waals surface area contributed by atoms with E-state index in [1.807, 2.05) is 6.92 Å². The summed E-state index contributed by atoms with van der Waals surface area (Å²) in [5.74, 6) is -0.271. The Balaban J connectivity index is 3.10. The van der Waals surface area contributed by atoms with Gasteiger partial charge < -0.3 is 4.90 Å². The summed E-state index contributed by atoms with van der Waals surface area (Å²) in [4.78, 5) is 13.0. The van der Waals surface area contributed by atoms with Gasteiger partial charge in [-0.25, -0.2) is 0 Å². The Bertz CT molecular complexity index is 566. The van der Waals surface area contributed by atoms with Gasteiger partial charge in [0, 0.05) is 13.1 Å². The lowest BCUT2D eigenvalue weighted by atomic mass is 10.2. The molecule has 0 unspecified atom stereocenters. The maximum absolute atomic E-state index is 11.7. The molecule has 0 saturated carbocycles. The Kier molecular flexibility index (Phi) is 5.26. The summed E-state index contributed by atoms with van der Waals surface area (Å²) < 4.78 is 31.7. The first-order chi connectivity index (χ1) is 8.90. The molecule has 0 radical (unpaired) electrons. The molecule has 1 amide bonds. The van der Waals surface area contributed by atoms with Gasteiger partial charge in [-0.1, -0.05) is 31.7 Å². The molecule has 1 rings (SSSR count). The summed E-state index contributed by atoms with van der Waals surface area (Å²) >= 11 is 0. The monoisotopic (exact) mass is 283 g/mol. The van der Waals surface area contributed by atoms with Gasteiger partial charge >= 0.3 is 0 Å². The number of carbonyl (C=O) groups is 1. The molecular weight excluding hydrogens is 266 g/mol. The summed E-state index contributed by atoms with van der Waals surface area (Å²) in [6.45, 7) is 5.94. The maximum atomic E-state index is 11.7. The molecule has 1 N–H and O–H groups in total. The summed E-state index contributed by atoms with van der Waals surface area (Å²) in [6, 6.07) is 6.06. The summed E-state index contributed by atoms with van der Waals surface area (Å²) in [7, 11) is -4.29. The minimum absolute atomic E-state index is 0.120. The van der Waals surface area contributed by atoms with Crippen molar-refractivity contribution in [3.63, 3.8) is 0 Å². The zero-order valence-electron chi connectivity index (χ0n) is 10.7. The molecule has 0 bridgehead atoms. The van der Waals surface area contributed by atoms with Crippen molar-refractivity contribution < 1.29 is 17.8 Å². The van der Waals surface area contributed by atoms with Crippen LogP contribution in [0.15, 0.2) is 41.8 Å². The number of benzene rings is 1. The minimum atomic E-state index is -4.29. The minimum Gasteiger partial charge on any atom is -0.335 e. The zero-order valence-corrected chi connectivity index (χ0v) is 11.6. The van der Waals surface area contributed by atoms with Crippen molar-refractivity contribution in [3.05, 3.63) is 42.5 Å². The molecule has 0 fully saturated rings. The highest BCUT2D eigenvalue weighted by Gasteiger charge is 2.18. The van der Waals surface area contributed by atoms with Gasteiger partial charge in [0.2, 0.25) is 5.91 Å². The van der Waals surface area contributed by atoms with Gasteiger partial charge in [0.1, 0.15) is 0 Å². The lowest BCUT2D eigenvalue weighted by Gasteiger charge is -2.21. The van der Waals surface area contributed by atoms with Crippen LogP contribution in [0.25, 0.3) is 0 Å². The van der Waals surface area contributed by atoms with Crippen LogP contribution in [0, 0.1) is 0 Å². The smallest absolute Gasteiger partial charge is 0.294 e. The fourth-order valence-corrected chi connectivity index (χ4v) is 2.47. The molecule has 5 nitrogen and oxygen atoms in total. The van der Waals surface area contributed by atoms with Gasteiger partial charge in [0.15, 0.2) is 0 Å². The average molecular weight is 283 g/mol. The van der Waals surface area contributed by atoms with E-state index in [1.54, 1.807) is 12.1 Å². The van der Waals surface area contributed by atoms with Gasteiger partial charge in [-0.3, -0.25) is 9.35 Å². The highest BCUT2D eigenvalue weighted by Crippen LogP contribution is 2.17. The van der Waals surface area contributed by atoms with E-state index in [-0.39, 0.29) is 17.3 Å². The second kappa shape index (κ2) is 6.49. The third kappa shape index (κ3) is 4.18. The molecule has 1 aromatic carbocycles. The standard InChI is InChI=1S/C13H17NO4S/c1-3-9-14(13(15)4-2)10-11-7-5-6-8-12(11)19(16,17)18/h4-8H,2-3,9-10H2,1H3,(H,16,17,18). The summed E-state index contributed by atoms with van der Waals surface area (Å²) in [5.41, 5.74) is 0.383. The molecule has 6 heteroatoms. The molecule has 0 aliphatic heterocycles. The van der Waals surface area contributed by atoms with Crippen LogP contribution in [0.3, 0.4) is 0 Å². The molecule has 19 heavy (non-hydrogen) atoms. The van der Waals surface area contributed by atoms with Gasteiger partial charge in [0.25, 0.3) is 10.1 Å². The summed E-state index contributed by atoms with van der Waals surface area (Å²) in [6.07, 6.45) is 1.93. The number of rotatable bonds is 6. The molecule has 0 aromatic heterocycles. The first kappa shape index (κ1) is 15.4. The van der Waals surface area contributed by atoms with Crippen LogP contribution in [0.1, 0.15) is 18.9 Å². The van der Waals surface area contributed by atoms with Crippen LogP contribution in [-0.4, -0.2) is 30.3 Å². The van der Waals surface area contributed by atoms with Crippen molar-refractivity contribution >= 4 is 16.0 Å². The SMILES string of the molecule is C=CC(=O)N(CCC)Cc1ccccc1S(=O)(=O)O. The number of amides is 1. The lowest BCUT2D eigenvalue weighted by molar-refractivity contribution is -0.126. The summed E-state index contributed by atoms with van der Waals surface area (Å²) in [5, 5.41) is 0. The van der Waals surface area contributed by atoms with Crippen molar-refractivity contribution in [2.45, 2.75) is 24.8 Å². The third-order valence-corrected chi connectivity index (χ3v) is 3.55. The predicted octanol–water partition coefficient (Wildman–Crippen LogP) is 1.86. The number of carbonyl (C=O) groups excluding carboxylic acids is 1. The van der Waals surface area contributed by atoms with E-state index in [9.17, 15) is 13.2 Å². The van der Waals surface area contributed by atoms with Crippen molar-refractivity contribution in [3.8, 4) is 0 Å². The van der Waals surface area contributed by atoms with Crippen LogP contribution in [0.5, 0.6) is 0 Å². The quantitative estimate of drug-likeness (QED) is 0.638. The van der Waals surface area contributed by atoms with Gasteiger partial charge in [-0.2, -0.15) is 8.42 Å². The van der Waals surface area contributed by atoms with E-state index in [4.69, 9.17) is 4.55 Å². The number of hydrogen-bond donors (Lipinski definition) is 1. The highest BCUT2D eigenvalue weighted by atomic mass is 32.2. The second-order valence-corrected chi connectivity index (χ2v) is 5.44. The Hall–Kier alpha value is -1.66. The normalized spacial score (nSPS) is 11.1. The molecule has 0 aliphatic rings. The van der Waals surface area contributed by atoms with Crippen molar-refractivity contribution in [1.82, 2.24) is 4.90 Å². The first-order valence-corrected chi connectivity index (χ1v) is 7.31. The van der Waals surface area contributed by atoms with Crippen molar-refractivity contribution in [1.29, 1.82) is 0 Å². The largest absolute Gasteiger partial charge is 0.335 e.